The number of hydrogen-bond acceptors (Lipinski definition) is 4. The summed E-state index contributed by atoms with van der Waals surface area (Å²) >= 11 is 6.04. The van der Waals surface area contributed by atoms with Crippen LogP contribution < -0.4 is 9.64 Å². The predicted octanol–water partition coefficient (Wildman–Crippen LogP) is 3.73. The molecule has 2 aromatic carbocycles. The molecule has 1 aromatic heterocycles. The van der Waals surface area contributed by atoms with Crippen LogP contribution in [0, 0.1) is 0 Å². The van der Waals surface area contributed by atoms with Gasteiger partial charge in [0.1, 0.15) is 18.9 Å². The molecule has 0 aliphatic rings. The van der Waals surface area contributed by atoms with Crippen LogP contribution in [0.2, 0.25) is 5.02 Å². The third kappa shape index (κ3) is 4.96. The van der Waals surface area contributed by atoms with Gasteiger partial charge >= 0.3 is 0 Å². The van der Waals surface area contributed by atoms with E-state index >= 15 is 0 Å². The second-order valence-corrected chi connectivity index (χ2v) is 6.88. The van der Waals surface area contributed by atoms with Crippen LogP contribution in [0.4, 0.5) is 0 Å². The van der Waals surface area contributed by atoms with E-state index in [1.165, 1.54) is 10.5 Å². The first kappa shape index (κ1) is 19.1. The Morgan fingerprint density at radius 2 is 2.00 bits per heavy atom. The maximum atomic E-state index is 6.04. The van der Waals surface area contributed by atoms with Gasteiger partial charge in [-0.3, -0.25) is 0 Å². The minimum Gasteiger partial charge on any atom is -0.490 e. The third-order valence-corrected chi connectivity index (χ3v) is 4.63. The van der Waals surface area contributed by atoms with Crippen LogP contribution in [-0.2, 0) is 6.54 Å². The lowest BCUT2D eigenvalue weighted by Gasteiger charge is -2.19. The fourth-order valence-corrected chi connectivity index (χ4v) is 2.88. The minimum absolute atomic E-state index is 0.0575. The van der Waals surface area contributed by atoms with Crippen molar-refractivity contribution < 1.29 is 14.1 Å². The molecule has 6 heteroatoms. The Kier molecular flexibility index (Phi) is 6.27. The Labute approximate surface area is 164 Å². The lowest BCUT2D eigenvalue weighted by atomic mass is 10.2. The maximum absolute atomic E-state index is 6.04. The second kappa shape index (κ2) is 8.84. The van der Waals surface area contributed by atoms with Gasteiger partial charge in [0.25, 0.3) is 5.89 Å². The average molecular weight is 385 g/mol. The van der Waals surface area contributed by atoms with E-state index in [0.29, 0.717) is 23.4 Å². The van der Waals surface area contributed by atoms with Crippen LogP contribution in [0.3, 0.4) is 0 Å². The molecule has 2 atom stereocenters. The van der Waals surface area contributed by atoms with E-state index in [4.69, 9.17) is 20.8 Å². The number of quaternary nitrogens is 1. The summed E-state index contributed by atoms with van der Waals surface area (Å²) in [5, 5.41) is 9.03. The molecule has 5 nitrogen and oxygen atoms in total. The minimum atomic E-state index is 0.0575. The van der Waals surface area contributed by atoms with Crippen LogP contribution >= 0.6 is 11.6 Å². The molecule has 0 aliphatic carbocycles. The number of hydrogen-bond donors (Lipinski definition) is 1. The van der Waals surface area contributed by atoms with Crippen LogP contribution in [0.5, 0.6) is 5.75 Å². The molecule has 1 N–H and O–H groups in total. The molecule has 0 fully saturated rings. The summed E-state index contributed by atoms with van der Waals surface area (Å²) in [7, 11) is 2.11. The molecular weight excluding hydrogens is 362 g/mol. The standard InChI is InChI=1S/C21H22ClN3O2/c1-4-12-26-19-10-8-16(9-11-19)14-25(3)15(2)20-23-24-21(27-20)17-6-5-7-18(22)13-17/h4-11,13,15H,1,12,14H2,2-3H3/p+1/t15-/m1/s1. The number of rotatable bonds is 8. The fourth-order valence-electron chi connectivity index (χ4n) is 2.69. The molecule has 0 saturated carbocycles. The van der Waals surface area contributed by atoms with Crippen LogP contribution in [0.15, 0.2) is 65.6 Å². The van der Waals surface area contributed by atoms with Gasteiger partial charge in [0.05, 0.1) is 7.05 Å². The van der Waals surface area contributed by atoms with E-state index in [0.717, 1.165) is 17.9 Å². The summed E-state index contributed by atoms with van der Waals surface area (Å²) in [5.41, 5.74) is 2.03. The largest absolute Gasteiger partial charge is 0.490 e. The van der Waals surface area contributed by atoms with E-state index in [-0.39, 0.29) is 6.04 Å². The SMILES string of the molecule is C=CCOc1ccc(C[NH+](C)[C@H](C)c2nnc(-c3cccc(Cl)c3)o2)cc1. The number of ether oxygens (including phenoxy) is 1. The van der Waals surface area contributed by atoms with Crippen molar-refractivity contribution in [1.29, 1.82) is 0 Å². The topological polar surface area (TPSA) is 52.6 Å². The molecular formula is C21H23ClN3O2+. The Morgan fingerprint density at radius 1 is 1.22 bits per heavy atom. The summed E-state index contributed by atoms with van der Waals surface area (Å²) in [6, 6.07) is 15.5. The highest BCUT2D eigenvalue weighted by Gasteiger charge is 2.22. The Balaban J connectivity index is 1.65. The van der Waals surface area contributed by atoms with Crippen molar-refractivity contribution >= 4 is 11.6 Å². The van der Waals surface area contributed by atoms with Gasteiger partial charge in [-0.1, -0.05) is 30.3 Å². The van der Waals surface area contributed by atoms with E-state index in [9.17, 15) is 0 Å². The Morgan fingerprint density at radius 3 is 2.70 bits per heavy atom. The molecule has 3 rings (SSSR count). The monoisotopic (exact) mass is 384 g/mol. The summed E-state index contributed by atoms with van der Waals surface area (Å²) in [5.74, 6) is 1.93. The van der Waals surface area contributed by atoms with Gasteiger partial charge in [-0.2, -0.15) is 0 Å². The van der Waals surface area contributed by atoms with Crippen molar-refractivity contribution in [3.05, 3.63) is 77.7 Å². The highest BCUT2D eigenvalue weighted by molar-refractivity contribution is 6.30. The van der Waals surface area contributed by atoms with E-state index in [1.807, 2.05) is 36.4 Å². The molecule has 0 amide bonds. The van der Waals surface area contributed by atoms with Crippen LogP contribution in [0.1, 0.15) is 24.4 Å². The normalized spacial score (nSPS) is 13.1. The first-order valence-electron chi connectivity index (χ1n) is 8.81. The maximum Gasteiger partial charge on any atom is 0.274 e. The summed E-state index contributed by atoms with van der Waals surface area (Å²) < 4.78 is 11.4. The zero-order chi connectivity index (χ0) is 19.2. The van der Waals surface area contributed by atoms with Gasteiger partial charge in [-0.05, 0) is 49.4 Å². The second-order valence-electron chi connectivity index (χ2n) is 6.44. The Hall–Kier alpha value is -2.63. The number of benzene rings is 2. The highest BCUT2D eigenvalue weighted by atomic mass is 35.5. The molecule has 140 valence electrons. The quantitative estimate of drug-likeness (QED) is 0.601. The van der Waals surface area contributed by atoms with E-state index < -0.39 is 0 Å². The number of nitrogens with one attached hydrogen (secondary N) is 1. The number of nitrogens with zero attached hydrogens (tertiary/aromatic N) is 2. The molecule has 0 spiro atoms. The van der Waals surface area contributed by atoms with Gasteiger partial charge in [0.15, 0.2) is 6.04 Å². The lowest BCUT2D eigenvalue weighted by Crippen LogP contribution is -3.07. The third-order valence-electron chi connectivity index (χ3n) is 4.40. The molecule has 0 radical (unpaired) electrons. The van der Waals surface area contributed by atoms with Crippen molar-refractivity contribution in [2.75, 3.05) is 13.7 Å². The lowest BCUT2D eigenvalue weighted by molar-refractivity contribution is -0.925. The molecule has 0 saturated heterocycles. The molecule has 0 bridgehead atoms. The zero-order valence-electron chi connectivity index (χ0n) is 15.5. The zero-order valence-corrected chi connectivity index (χ0v) is 16.2. The molecule has 3 aromatic rings. The van der Waals surface area contributed by atoms with Crippen molar-refractivity contribution in [2.45, 2.75) is 19.5 Å². The van der Waals surface area contributed by atoms with E-state index in [2.05, 4.69) is 42.9 Å². The van der Waals surface area contributed by atoms with Crippen LogP contribution in [0.25, 0.3) is 11.5 Å². The van der Waals surface area contributed by atoms with Gasteiger partial charge < -0.3 is 14.1 Å². The average Bonchev–Trinajstić information content (AvgIpc) is 3.17. The van der Waals surface area contributed by atoms with Crippen molar-refractivity contribution in [3.63, 3.8) is 0 Å². The first-order chi connectivity index (χ1) is 13.1. The summed E-state index contributed by atoms with van der Waals surface area (Å²) in [6.45, 7) is 7.07. The molecule has 1 heterocycles. The number of aromatic nitrogens is 2. The molecule has 0 aliphatic heterocycles. The van der Waals surface area contributed by atoms with E-state index in [1.54, 1.807) is 6.08 Å². The summed E-state index contributed by atoms with van der Waals surface area (Å²) in [4.78, 5) is 1.25. The predicted molar refractivity (Wildman–Crippen MR) is 106 cm³/mol. The van der Waals surface area contributed by atoms with Gasteiger partial charge in [0.2, 0.25) is 5.89 Å². The summed E-state index contributed by atoms with van der Waals surface area (Å²) in [6.07, 6.45) is 1.73. The Bertz CT molecular complexity index is 892. The number of halogens is 1. The molecule has 27 heavy (non-hydrogen) atoms. The van der Waals surface area contributed by atoms with Gasteiger partial charge in [-0.25, -0.2) is 0 Å². The smallest absolute Gasteiger partial charge is 0.274 e. The fraction of sp³-hybridized carbons (Fsp3) is 0.238. The van der Waals surface area contributed by atoms with Gasteiger partial charge in [-0.15, -0.1) is 10.2 Å². The molecule has 1 unspecified atom stereocenters. The van der Waals surface area contributed by atoms with Crippen molar-refractivity contribution in [2.24, 2.45) is 0 Å². The van der Waals surface area contributed by atoms with Gasteiger partial charge in [0, 0.05) is 16.1 Å². The highest BCUT2D eigenvalue weighted by Crippen LogP contribution is 2.22. The first-order valence-corrected chi connectivity index (χ1v) is 9.19. The van der Waals surface area contributed by atoms with Crippen LogP contribution in [-0.4, -0.2) is 23.9 Å². The van der Waals surface area contributed by atoms with Crippen molar-refractivity contribution in [1.82, 2.24) is 10.2 Å². The van der Waals surface area contributed by atoms with Crippen molar-refractivity contribution in [3.8, 4) is 17.2 Å².